The van der Waals surface area contributed by atoms with E-state index in [0.717, 1.165) is 11.1 Å². The Balaban J connectivity index is 2.11. The molecule has 1 heterocycles. The second kappa shape index (κ2) is 6.42. The number of aliphatic carboxylic acids is 1. The maximum atomic E-state index is 13.8. The van der Waals surface area contributed by atoms with Crippen LogP contribution in [0.25, 0.3) is 10.9 Å². The van der Waals surface area contributed by atoms with Gasteiger partial charge in [-0.05, 0) is 30.7 Å². The first-order valence-corrected chi connectivity index (χ1v) is 7.91. The number of carboxylic acids is 1. The third-order valence-electron chi connectivity index (χ3n) is 3.84. The van der Waals surface area contributed by atoms with E-state index in [1.54, 1.807) is 28.9 Å². The Bertz CT molecular complexity index is 919. The molecular formula is C17H13Cl2FN2O2. The molecule has 4 nitrogen and oxygen atoms in total. The third kappa shape index (κ3) is 2.97. The van der Waals surface area contributed by atoms with Gasteiger partial charge >= 0.3 is 5.97 Å². The van der Waals surface area contributed by atoms with Crippen LogP contribution in [0.4, 0.5) is 4.39 Å². The molecule has 124 valence electrons. The first kappa shape index (κ1) is 16.7. The van der Waals surface area contributed by atoms with Crippen LogP contribution in [0.5, 0.6) is 0 Å². The number of hydrogen-bond donors (Lipinski definition) is 1. The maximum absolute atomic E-state index is 13.8. The van der Waals surface area contributed by atoms with Crippen LogP contribution in [0.1, 0.15) is 23.0 Å². The van der Waals surface area contributed by atoms with Crippen molar-refractivity contribution in [3.8, 4) is 0 Å². The van der Waals surface area contributed by atoms with Crippen molar-refractivity contribution in [2.45, 2.75) is 19.6 Å². The number of benzene rings is 2. The lowest BCUT2D eigenvalue weighted by molar-refractivity contribution is -0.143. The van der Waals surface area contributed by atoms with Gasteiger partial charge in [0.05, 0.1) is 17.8 Å². The molecule has 0 fully saturated rings. The summed E-state index contributed by atoms with van der Waals surface area (Å²) in [5.74, 6) is -1.52. The maximum Gasteiger partial charge on any atom is 0.343 e. The largest absolute Gasteiger partial charge is 0.479 e. The van der Waals surface area contributed by atoms with E-state index >= 15 is 0 Å². The van der Waals surface area contributed by atoms with Gasteiger partial charge < -0.3 is 5.11 Å². The predicted molar refractivity (Wildman–Crippen MR) is 91.5 cm³/mol. The average Bonchev–Trinajstić information content (AvgIpc) is 2.86. The molecular weight excluding hydrogens is 354 g/mol. The molecule has 2 aromatic carbocycles. The summed E-state index contributed by atoms with van der Waals surface area (Å²) in [6.45, 7) is 2.13. The molecule has 0 aliphatic heterocycles. The van der Waals surface area contributed by atoms with E-state index < -0.39 is 12.1 Å². The molecule has 0 aliphatic rings. The summed E-state index contributed by atoms with van der Waals surface area (Å²) in [5, 5.41) is 15.1. The van der Waals surface area contributed by atoms with Gasteiger partial charge in [0.25, 0.3) is 0 Å². The summed E-state index contributed by atoms with van der Waals surface area (Å²) in [4.78, 5) is 10.9. The Labute approximate surface area is 147 Å². The zero-order chi connectivity index (χ0) is 17.4. The lowest BCUT2D eigenvalue weighted by Gasteiger charge is -2.09. The van der Waals surface area contributed by atoms with E-state index in [0.29, 0.717) is 27.7 Å². The van der Waals surface area contributed by atoms with Crippen LogP contribution in [0.15, 0.2) is 36.4 Å². The molecule has 0 saturated heterocycles. The fraction of sp³-hybridized carbons (Fsp3) is 0.176. The Morgan fingerprint density at radius 1 is 1.29 bits per heavy atom. The number of alkyl halides is 1. The van der Waals surface area contributed by atoms with Gasteiger partial charge in [-0.15, -0.1) is 0 Å². The van der Waals surface area contributed by atoms with Gasteiger partial charge in [-0.3, -0.25) is 4.68 Å². The van der Waals surface area contributed by atoms with Crippen molar-refractivity contribution < 1.29 is 14.3 Å². The number of fused-ring (bicyclic) bond motifs is 1. The van der Waals surface area contributed by atoms with E-state index in [-0.39, 0.29) is 5.56 Å². The molecule has 0 saturated carbocycles. The van der Waals surface area contributed by atoms with Crippen LogP contribution in [0.3, 0.4) is 0 Å². The van der Waals surface area contributed by atoms with E-state index in [2.05, 4.69) is 5.10 Å². The molecule has 0 bridgehead atoms. The number of rotatable bonds is 4. The summed E-state index contributed by atoms with van der Waals surface area (Å²) >= 11 is 12.4. The van der Waals surface area contributed by atoms with Crippen molar-refractivity contribution >= 4 is 40.1 Å². The molecule has 7 heteroatoms. The topological polar surface area (TPSA) is 55.1 Å². The van der Waals surface area contributed by atoms with E-state index in [4.69, 9.17) is 28.3 Å². The Morgan fingerprint density at radius 3 is 2.58 bits per heavy atom. The molecule has 24 heavy (non-hydrogen) atoms. The SMILES string of the molecule is Cc1nn(Cc2c(Cl)cccc2Cl)c2cc(C(F)C(=O)O)ccc12. The molecule has 3 aromatic rings. The monoisotopic (exact) mass is 366 g/mol. The second-order valence-electron chi connectivity index (χ2n) is 5.42. The zero-order valence-electron chi connectivity index (χ0n) is 12.6. The lowest BCUT2D eigenvalue weighted by Crippen LogP contribution is -2.07. The van der Waals surface area contributed by atoms with E-state index in [1.807, 2.05) is 6.92 Å². The average molecular weight is 367 g/mol. The molecule has 1 aromatic heterocycles. The highest BCUT2D eigenvalue weighted by atomic mass is 35.5. The molecule has 1 atom stereocenters. The highest BCUT2D eigenvalue weighted by Gasteiger charge is 2.20. The van der Waals surface area contributed by atoms with Gasteiger partial charge in [0.2, 0.25) is 6.17 Å². The first-order chi connectivity index (χ1) is 11.4. The van der Waals surface area contributed by atoms with Crippen LogP contribution < -0.4 is 0 Å². The van der Waals surface area contributed by atoms with Gasteiger partial charge in [-0.25, -0.2) is 9.18 Å². The molecule has 3 rings (SSSR count). The summed E-state index contributed by atoms with van der Waals surface area (Å²) in [6, 6.07) is 9.84. The summed E-state index contributed by atoms with van der Waals surface area (Å²) in [5.41, 5.74) is 2.16. The summed E-state index contributed by atoms with van der Waals surface area (Å²) in [6.07, 6.45) is -2.08. The fourth-order valence-corrected chi connectivity index (χ4v) is 3.13. The van der Waals surface area contributed by atoms with Crippen molar-refractivity contribution in [2.75, 3.05) is 0 Å². The van der Waals surface area contributed by atoms with Crippen LogP contribution in [0, 0.1) is 6.92 Å². The molecule has 1 N–H and O–H groups in total. The highest BCUT2D eigenvalue weighted by Crippen LogP contribution is 2.29. The molecule has 0 spiro atoms. The number of halogens is 3. The van der Waals surface area contributed by atoms with E-state index in [9.17, 15) is 9.18 Å². The highest BCUT2D eigenvalue weighted by molar-refractivity contribution is 6.36. The summed E-state index contributed by atoms with van der Waals surface area (Å²) < 4.78 is 15.5. The lowest BCUT2D eigenvalue weighted by atomic mass is 10.1. The quantitative estimate of drug-likeness (QED) is 0.721. The predicted octanol–water partition coefficient (Wildman–Crippen LogP) is 4.80. The van der Waals surface area contributed by atoms with E-state index in [1.165, 1.54) is 12.1 Å². The minimum Gasteiger partial charge on any atom is -0.479 e. The second-order valence-corrected chi connectivity index (χ2v) is 6.24. The first-order valence-electron chi connectivity index (χ1n) is 7.15. The number of carbonyl (C=O) groups is 1. The van der Waals surface area contributed by atoms with Crippen LogP contribution in [0.2, 0.25) is 10.0 Å². The van der Waals surface area contributed by atoms with Gasteiger partial charge in [0, 0.05) is 21.0 Å². The summed E-state index contributed by atoms with van der Waals surface area (Å²) in [7, 11) is 0. The van der Waals surface area contributed by atoms with Crippen molar-refractivity contribution in [3.63, 3.8) is 0 Å². The van der Waals surface area contributed by atoms with Crippen molar-refractivity contribution in [3.05, 3.63) is 63.3 Å². The van der Waals surface area contributed by atoms with Gasteiger partial charge in [-0.1, -0.05) is 41.4 Å². The van der Waals surface area contributed by atoms with Crippen LogP contribution >= 0.6 is 23.2 Å². The Morgan fingerprint density at radius 2 is 1.96 bits per heavy atom. The Kier molecular flexibility index (Phi) is 4.47. The van der Waals surface area contributed by atoms with Crippen LogP contribution in [-0.2, 0) is 11.3 Å². The molecule has 1 unspecified atom stereocenters. The standard InChI is InChI=1S/C17H13Cl2FN2O2/c1-9-11-6-5-10(16(20)17(23)24)7-15(11)22(21-9)8-12-13(18)3-2-4-14(12)19/h2-7,16H,8H2,1H3,(H,23,24). The normalized spacial score (nSPS) is 12.5. The van der Waals surface area contributed by atoms with Crippen molar-refractivity contribution in [2.24, 2.45) is 0 Å². The van der Waals surface area contributed by atoms with Crippen molar-refractivity contribution in [1.82, 2.24) is 9.78 Å². The number of aromatic nitrogens is 2. The zero-order valence-corrected chi connectivity index (χ0v) is 14.1. The van der Waals surface area contributed by atoms with Gasteiger partial charge in [0.1, 0.15) is 0 Å². The van der Waals surface area contributed by atoms with Gasteiger partial charge in [-0.2, -0.15) is 5.10 Å². The Hall–Kier alpha value is -2.11. The molecule has 0 aliphatic carbocycles. The number of nitrogens with zero attached hydrogens (tertiary/aromatic N) is 2. The molecule has 0 amide bonds. The number of hydrogen-bond acceptors (Lipinski definition) is 2. The minimum atomic E-state index is -2.08. The van der Waals surface area contributed by atoms with Crippen molar-refractivity contribution in [1.29, 1.82) is 0 Å². The third-order valence-corrected chi connectivity index (χ3v) is 4.55. The van der Waals surface area contributed by atoms with Gasteiger partial charge in [0.15, 0.2) is 0 Å². The van der Waals surface area contributed by atoms with Crippen LogP contribution in [-0.4, -0.2) is 20.9 Å². The number of aryl methyl sites for hydroxylation is 1. The smallest absolute Gasteiger partial charge is 0.343 e. The molecule has 0 radical (unpaired) electrons. The number of carboxylic acid groups (broad SMARTS) is 1. The minimum absolute atomic E-state index is 0.0707. The fourth-order valence-electron chi connectivity index (χ4n) is 2.61.